The fourth-order valence-electron chi connectivity index (χ4n) is 1.51. The molecule has 0 aliphatic carbocycles. The van der Waals surface area contributed by atoms with Crippen LogP contribution in [0.5, 0.6) is 0 Å². The lowest BCUT2D eigenvalue weighted by Crippen LogP contribution is -2.26. The number of nitro groups is 1. The molecule has 0 saturated heterocycles. The van der Waals surface area contributed by atoms with Crippen LogP contribution in [0.4, 0.5) is 11.7 Å². The minimum absolute atomic E-state index is 0.0477. The molecule has 0 aliphatic heterocycles. The molecule has 2 rings (SSSR count). The molecule has 0 radical (unpaired) electrons. The van der Waals surface area contributed by atoms with Crippen molar-refractivity contribution < 1.29 is 14.1 Å². The molecule has 0 spiro atoms. The Morgan fingerprint density at radius 3 is 2.95 bits per heavy atom. The Balaban J connectivity index is 2.04. The minimum atomic E-state index is -0.494. The summed E-state index contributed by atoms with van der Waals surface area (Å²) in [6.07, 6.45) is 0. The van der Waals surface area contributed by atoms with Gasteiger partial charge in [0.2, 0.25) is 5.91 Å². The third kappa shape index (κ3) is 3.18. The number of oxazole rings is 1. The van der Waals surface area contributed by atoms with Crippen molar-refractivity contribution in [1.82, 2.24) is 10.3 Å². The highest BCUT2D eigenvalue weighted by molar-refractivity contribution is 5.77. The van der Waals surface area contributed by atoms with Crippen molar-refractivity contribution in [2.24, 2.45) is 0 Å². The predicted octanol–water partition coefficient (Wildman–Crippen LogP) is 1.28. The molecule has 0 fully saturated rings. The van der Waals surface area contributed by atoms with E-state index in [1.165, 1.54) is 25.1 Å². The van der Waals surface area contributed by atoms with Crippen LogP contribution >= 0.6 is 0 Å². The average Bonchev–Trinajstić information content (AvgIpc) is 2.75. The Morgan fingerprint density at radius 2 is 2.26 bits per heavy atom. The van der Waals surface area contributed by atoms with Gasteiger partial charge in [-0.25, -0.2) is 0 Å². The van der Waals surface area contributed by atoms with Gasteiger partial charge in [0.05, 0.1) is 11.0 Å². The van der Waals surface area contributed by atoms with Gasteiger partial charge in [-0.15, -0.1) is 0 Å². The molecular weight excluding hydrogens is 252 g/mol. The van der Waals surface area contributed by atoms with Gasteiger partial charge in [0.15, 0.2) is 5.58 Å². The number of hydrogen-bond donors (Lipinski definition) is 2. The smallest absolute Gasteiger partial charge is 0.295 e. The Bertz CT molecular complexity index is 622. The number of nitrogens with zero attached hydrogens (tertiary/aromatic N) is 2. The predicted molar refractivity (Wildman–Crippen MR) is 67.8 cm³/mol. The number of carbonyl (C=O) groups is 1. The molecule has 0 unspecified atom stereocenters. The van der Waals surface area contributed by atoms with E-state index in [1.807, 2.05) is 0 Å². The van der Waals surface area contributed by atoms with Crippen LogP contribution in [0, 0.1) is 10.1 Å². The second-order valence-electron chi connectivity index (χ2n) is 3.84. The van der Waals surface area contributed by atoms with E-state index in [0.717, 1.165) is 0 Å². The first-order chi connectivity index (χ1) is 9.06. The van der Waals surface area contributed by atoms with Crippen molar-refractivity contribution in [3.63, 3.8) is 0 Å². The van der Waals surface area contributed by atoms with E-state index in [-0.39, 0.29) is 17.6 Å². The molecule has 1 amide bonds. The second-order valence-corrected chi connectivity index (χ2v) is 3.84. The summed E-state index contributed by atoms with van der Waals surface area (Å²) in [7, 11) is 0. The Kier molecular flexibility index (Phi) is 3.60. The molecule has 1 aromatic carbocycles. The number of non-ortho nitro benzene ring substituents is 1. The van der Waals surface area contributed by atoms with E-state index < -0.39 is 4.92 Å². The zero-order valence-corrected chi connectivity index (χ0v) is 10.2. The monoisotopic (exact) mass is 264 g/mol. The Morgan fingerprint density at radius 1 is 1.47 bits per heavy atom. The lowest BCUT2D eigenvalue weighted by atomic mass is 10.3. The molecule has 100 valence electrons. The summed E-state index contributed by atoms with van der Waals surface area (Å²) in [5.41, 5.74) is 0.831. The van der Waals surface area contributed by atoms with E-state index in [9.17, 15) is 14.9 Å². The molecule has 8 heteroatoms. The number of carbonyl (C=O) groups excluding carboxylic acids is 1. The quantitative estimate of drug-likeness (QED) is 0.478. The molecule has 19 heavy (non-hydrogen) atoms. The fraction of sp³-hybridized carbons (Fsp3) is 0.273. The number of rotatable bonds is 5. The highest BCUT2D eigenvalue weighted by atomic mass is 16.6. The molecule has 0 saturated carbocycles. The topological polar surface area (TPSA) is 110 Å². The number of hydrogen-bond acceptors (Lipinski definition) is 6. The molecule has 1 aromatic heterocycles. The largest absolute Gasteiger partial charge is 0.423 e. The average molecular weight is 264 g/mol. The summed E-state index contributed by atoms with van der Waals surface area (Å²) in [4.78, 5) is 24.9. The van der Waals surface area contributed by atoms with E-state index >= 15 is 0 Å². The van der Waals surface area contributed by atoms with Crippen LogP contribution in [0.1, 0.15) is 6.92 Å². The lowest BCUT2D eigenvalue weighted by Gasteiger charge is -2.01. The number of nitro benzene ring substituents is 1. The number of anilines is 1. The Hall–Kier alpha value is -2.64. The van der Waals surface area contributed by atoms with E-state index in [4.69, 9.17) is 4.42 Å². The maximum atomic E-state index is 10.7. The highest BCUT2D eigenvalue weighted by Gasteiger charge is 2.11. The number of aromatic nitrogens is 1. The van der Waals surface area contributed by atoms with Gasteiger partial charge in [-0.3, -0.25) is 14.9 Å². The molecule has 2 aromatic rings. The van der Waals surface area contributed by atoms with E-state index in [0.29, 0.717) is 24.2 Å². The fourth-order valence-corrected chi connectivity index (χ4v) is 1.51. The summed E-state index contributed by atoms with van der Waals surface area (Å²) < 4.78 is 5.33. The van der Waals surface area contributed by atoms with Crippen LogP contribution in [0.15, 0.2) is 22.6 Å². The summed E-state index contributed by atoms with van der Waals surface area (Å²) in [5.74, 6) is -0.116. The van der Waals surface area contributed by atoms with Gasteiger partial charge in [-0.2, -0.15) is 4.98 Å². The lowest BCUT2D eigenvalue weighted by molar-refractivity contribution is -0.384. The zero-order chi connectivity index (χ0) is 13.8. The molecular formula is C11H12N4O4. The molecule has 8 nitrogen and oxygen atoms in total. The van der Waals surface area contributed by atoms with E-state index in [1.54, 1.807) is 0 Å². The first kappa shape index (κ1) is 12.8. The van der Waals surface area contributed by atoms with Gasteiger partial charge >= 0.3 is 0 Å². The van der Waals surface area contributed by atoms with Crippen molar-refractivity contribution in [3.8, 4) is 0 Å². The number of benzene rings is 1. The van der Waals surface area contributed by atoms with Gasteiger partial charge in [-0.1, -0.05) is 0 Å². The van der Waals surface area contributed by atoms with Crippen molar-refractivity contribution >= 4 is 28.7 Å². The summed E-state index contributed by atoms with van der Waals surface area (Å²) in [6.45, 7) is 2.32. The summed E-state index contributed by atoms with van der Waals surface area (Å²) >= 11 is 0. The highest BCUT2D eigenvalue weighted by Crippen LogP contribution is 2.23. The number of amides is 1. The van der Waals surface area contributed by atoms with Crippen LogP contribution in [0.3, 0.4) is 0 Å². The number of nitrogens with one attached hydrogen (secondary N) is 2. The third-order valence-electron chi connectivity index (χ3n) is 2.36. The van der Waals surface area contributed by atoms with Crippen molar-refractivity contribution in [1.29, 1.82) is 0 Å². The van der Waals surface area contributed by atoms with Crippen LogP contribution in [-0.2, 0) is 4.79 Å². The minimum Gasteiger partial charge on any atom is -0.423 e. The SMILES string of the molecule is CC(=O)NCCNc1nc2ccc([N+](=O)[O-])cc2o1. The van der Waals surface area contributed by atoms with Crippen molar-refractivity contribution in [3.05, 3.63) is 28.3 Å². The summed E-state index contributed by atoms with van der Waals surface area (Å²) in [5, 5.41) is 16.1. The van der Waals surface area contributed by atoms with Crippen molar-refractivity contribution in [2.45, 2.75) is 6.92 Å². The normalized spacial score (nSPS) is 10.4. The third-order valence-corrected chi connectivity index (χ3v) is 2.36. The van der Waals surface area contributed by atoms with Gasteiger partial charge in [-0.05, 0) is 6.07 Å². The Labute approximate surface area is 108 Å². The maximum absolute atomic E-state index is 10.7. The van der Waals surface area contributed by atoms with Crippen LogP contribution in [-0.4, -0.2) is 28.9 Å². The van der Waals surface area contributed by atoms with Gasteiger partial charge in [0.25, 0.3) is 11.7 Å². The number of fused-ring (bicyclic) bond motifs is 1. The maximum Gasteiger partial charge on any atom is 0.295 e. The van der Waals surface area contributed by atoms with Gasteiger partial charge in [0, 0.05) is 26.1 Å². The molecule has 1 heterocycles. The summed E-state index contributed by atoms with van der Waals surface area (Å²) in [6, 6.07) is 4.48. The molecule has 0 aliphatic rings. The van der Waals surface area contributed by atoms with Gasteiger partial charge in [0.1, 0.15) is 5.52 Å². The van der Waals surface area contributed by atoms with Crippen LogP contribution in [0.25, 0.3) is 11.1 Å². The van der Waals surface area contributed by atoms with Crippen LogP contribution < -0.4 is 10.6 Å². The van der Waals surface area contributed by atoms with Crippen molar-refractivity contribution in [2.75, 3.05) is 18.4 Å². The van der Waals surface area contributed by atoms with Crippen LogP contribution in [0.2, 0.25) is 0 Å². The van der Waals surface area contributed by atoms with E-state index in [2.05, 4.69) is 15.6 Å². The first-order valence-electron chi connectivity index (χ1n) is 5.59. The second kappa shape index (κ2) is 5.34. The zero-order valence-electron chi connectivity index (χ0n) is 10.2. The molecule has 0 atom stereocenters. The molecule has 0 bridgehead atoms. The standard InChI is InChI=1S/C11H12N4O4/c1-7(16)12-4-5-13-11-14-9-3-2-8(15(17)18)6-10(9)19-11/h2-3,6H,4-5H2,1H3,(H,12,16)(H,13,14). The first-order valence-corrected chi connectivity index (χ1v) is 5.59. The molecule has 2 N–H and O–H groups in total. The van der Waals surface area contributed by atoms with Gasteiger partial charge < -0.3 is 15.1 Å².